The Bertz CT molecular complexity index is 2150. The van der Waals surface area contributed by atoms with E-state index in [2.05, 4.69) is 31.3 Å². The molecule has 1 aliphatic rings. The fraction of sp³-hybridized carbons (Fsp3) is 0.386. The lowest BCUT2D eigenvalue weighted by molar-refractivity contribution is -0.143. The Hall–Kier alpha value is -5.86. The molecule has 0 aliphatic carbocycles. The normalized spacial score (nSPS) is 14.5. The van der Waals surface area contributed by atoms with Crippen LogP contribution >= 0.6 is 11.6 Å². The maximum absolute atomic E-state index is 13.9. The number of tetrazole rings is 1. The van der Waals surface area contributed by atoms with Crippen molar-refractivity contribution in [1.82, 2.24) is 36.2 Å². The van der Waals surface area contributed by atoms with Crippen LogP contribution in [0.2, 0.25) is 5.02 Å². The first-order valence-electron chi connectivity index (χ1n) is 19.8. The Morgan fingerprint density at radius 1 is 0.932 bits per heavy atom. The number of esters is 2. The van der Waals surface area contributed by atoms with Crippen LogP contribution in [0.1, 0.15) is 70.9 Å². The second-order valence-electron chi connectivity index (χ2n) is 14.4. The van der Waals surface area contributed by atoms with E-state index in [9.17, 15) is 19.2 Å². The minimum atomic E-state index is -0.888. The molecule has 1 aliphatic heterocycles. The van der Waals surface area contributed by atoms with Gasteiger partial charge in [0, 0.05) is 35.8 Å². The number of carbonyl (C=O) groups excluding carboxylic acids is 4. The Labute approximate surface area is 349 Å². The minimum Gasteiger partial charge on any atom is -0.466 e. The van der Waals surface area contributed by atoms with E-state index in [1.165, 1.54) is 7.11 Å². The van der Waals surface area contributed by atoms with Crippen LogP contribution in [0, 0.1) is 5.92 Å². The number of carbonyl (C=O) groups is 4. The van der Waals surface area contributed by atoms with Crippen LogP contribution in [0.15, 0.2) is 95.3 Å². The van der Waals surface area contributed by atoms with Gasteiger partial charge in [0.15, 0.2) is 0 Å². The molecule has 59 heavy (non-hydrogen) atoms. The number of dihydropyridines is 1. The van der Waals surface area contributed by atoms with Gasteiger partial charge in [0.05, 0.1) is 49.7 Å². The molecule has 5 rings (SSSR count). The lowest BCUT2D eigenvalue weighted by atomic mass is 9.80. The predicted octanol–water partition coefficient (Wildman–Crippen LogP) is 6.51. The molecule has 0 fully saturated rings. The van der Waals surface area contributed by atoms with Gasteiger partial charge in [0.1, 0.15) is 6.04 Å². The van der Waals surface area contributed by atoms with Crippen LogP contribution in [0.25, 0.3) is 22.5 Å². The average Bonchev–Trinajstić information content (AvgIpc) is 3.77. The van der Waals surface area contributed by atoms with Gasteiger partial charge >= 0.3 is 11.9 Å². The number of hydrogen-bond acceptors (Lipinski definition) is 11. The third-order valence-corrected chi connectivity index (χ3v) is 10.3. The predicted molar refractivity (Wildman–Crippen MR) is 223 cm³/mol. The number of nitrogens with zero attached hydrogens (tertiary/aromatic N) is 4. The number of allylic oxidation sites excluding steroid dienone is 1. The molecule has 4 aromatic rings. The zero-order chi connectivity index (χ0) is 42.5. The number of H-pyrrole nitrogens is 1. The van der Waals surface area contributed by atoms with E-state index < -0.39 is 23.9 Å². The fourth-order valence-corrected chi connectivity index (χ4v) is 7.44. The van der Waals surface area contributed by atoms with E-state index in [4.69, 9.17) is 25.8 Å². The molecule has 15 heteroatoms. The third kappa shape index (κ3) is 10.8. The first-order chi connectivity index (χ1) is 28.5. The Morgan fingerprint density at radius 2 is 1.64 bits per heavy atom. The third-order valence-electron chi connectivity index (χ3n) is 9.99. The number of nitrogens with one attached hydrogen (secondary N) is 3. The topological polar surface area (TPSA) is 178 Å². The highest BCUT2D eigenvalue weighted by molar-refractivity contribution is 6.31. The Morgan fingerprint density at radius 3 is 2.29 bits per heavy atom. The lowest BCUT2D eigenvalue weighted by Crippen LogP contribution is -2.52. The lowest BCUT2D eigenvalue weighted by Gasteiger charge is -2.34. The number of amides is 2. The van der Waals surface area contributed by atoms with Crippen molar-refractivity contribution < 1.29 is 33.4 Å². The van der Waals surface area contributed by atoms with Gasteiger partial charge in [-0.3, -0.25) is 9.59 Å². The number of benzene rings is 3. The molecule has 1 aromatic heterocycles. The number of methoxy groups -OCH3 is 1. The molecule has 0 radical (unpaired) electrons. The summed E-state index contributed by atoms with van der Waals surface area (Å²) in [5, 5.41) is 21.0. The second kappa shape index (κ2) is 21.2. The maximum atomic E-state index is 13.9. The first kappa shape index (κ1) is 44.2. The first-order valence-corrected chi connectivity index (χ1v) is 20.2. The minimum absolute atomic E-state index is 0.0679. The van der Waals surface area contributed by atoms with Gasteiger partial charge in [-0.05, 0) is 59.7 Å². The number of ether oxygens (including phenoxy) is 3. The summed E-state index contributed by atoms with van der Waals surface area (Å²) < 4.78 is 16.6. The van der Waals surface area contributed by atoms with Crippen LogP contribution in [0.4, 0.5) is 0 Å². The van der Waals surface area contributed by atoms with Crippen molar-refractivity contribution in [2.75, 3.05) is 33.5 Å². The summed E-state index contributed by atoms with van der Waals surface area (Å²) in [6.07, 6.45) is 1.86. The molecule has 312 valence electrons. The maximum Gasteiger partial charge on any atom is 0.336 e. The number of rotatable bonds is 19. The van der Waals surface area contributed by atoms with Crippen molar-refractivity contribution in [2.24, 2.45) is 5.92 Å². The molecule has 1 unspecified atom stereocenters. The Balaban J connectivity index is 1.30. The van der Waals surface area contributed by atoms with E-state index >= 15 is 0 Å². The summed E-state index contributed by atoms with van der Waals surface area (Å²) in [5.41, 5.74) is 5.36. The summed E-state index contributed by atoms with van der Waals surface area (Å²) in [5.74, 6) is -2.27. The van der Waals surface area contributed by atoms with E-state index in [-0.39, 0.29) is 61.8 Å². The number of aromatic amines is 1. The van der Waals surface area contributed by atoms with Gasteiger partial charge in [0.25, 0.3) is 0 Å². The largest absolute Gasteiger partial charge is 0.466 e. The smallest absolute Gasteiger partial charge is 0.336 e. The van der Waals surface area contributed by atoms with Crippen LogP contribution in [0.3, 0.4) is 0 Å². The van der Waals surface area contributed by atoms with Crippen molar-refractivity contribution >= 4 is 35.4 Å². The van der Waals surface area contributed by atoms with Crippen molar-refractivity contribution in [3.05, 3.63) is 111 Å². The van der Waals surface area contributed by atoms with Crippen LogP contribution in [-0.2, 0) is 39.9 Å². The number of hydrogen-bond donors (Lipinski definition) is 3. The van der Waals surface area contributed by atoms with E-state index in [0.717, 1.165) is 28.7 Å². The van der Waals surface area contributed by atoms with Crippen molar-refractivity contribution in [3.63, 3.8) is 0 Å². The molecule has 2 atom stereocenters. The zero-order valence-electron chi connectivity index (χ0n) is 34.3. The quantitative estimate of drug-likeness (QED) is 0.0694. The molecule has 3 N–H and O–H groups in total. The van der Waals surface area contributed by atoms with Gasteiger partial charge in [-0.15, -0.1) is 10.2 Å². The highest BCUT2D eigenvalue weighted by atomic mass is 35.5. The summed E-state index contributed by atoms with van der Waals surface area (Å²) in [6.45, 7) is 9.76. The Kier molecular flexibility index (Phi) is 15.9. The fourth-order valence-electron chi connectivity index (χ4n) is 7.20. The van der Waals surface area contributed by atoms with Crippen LogP contribution in [-0.4, -0.2) is 88.8 Å². The van der Waals surface area contributed by atoms with Crippen molar-refractivity contribution in [3.8, 4) is 22.5 Å². The van der Waals surface area contributed by atoms with Crippen molar-refractivity contribution in [2.45, 2.75) is 72.4 Å². The molecule has 0 saturated carbocycles. The SMILES string of the molecule is CCCCC(=O)N(Cc1ccc(-c2ccccc2-c2nn[nH]n2)cc1)[C@H](C(=O)NCCOCC1=C(C(=O)OCC)C(c2ccccc2Cl)C(C(=O)OC)=C(C)N1)C(C)C. The van der Waals surface area contributed by atoms with Gasteiger partial charge in [-0.25, -0.2) is 9.59 Å². The standard InChI is InChI=1S/C44H52ClN7O7/c1-7-9-18-36(53)52(25-29-19-21-30(22-20-29)31-14-10-11-15-32(31)41-48-50-51-49-41)40(27(3)4)42(54)46-23-24-58-26-35-39(44(56)59-8-2)38(33-16-12-13-17-34(33)45)37(28(5)47-35)43(55)57-6/h10-17,19-22,27,38,40,47H,7-9,18,23-26H2,1-6H3,(H,46,54)(H,48,49,50,51)/t38?,40-/m0/s1. The number of halogens is 1. The van der Waals surface area contributed by atoms with E-state index in [0.29, 0.717) is 40.6 Å². The molecule has 14 nitrogen and oxygen atoms in total. The highest BCUT2D eigenvalue weighted by Gasteiger charge is 2.40. The summed E-state index contributed by atoms with van der Waals surface area (Å²) in [6, 6.07) is 21.9. The molecule has 0 saturated heterocycles. The summed E-state index contributed by atoms with van der Waals surface area (Å²) >= 11 is 6.63. The van der Waals surface area contributed by atoms with E-state index in [1.807, 2.05) is 69.3 Å². The molecule has 0 spiro atoms. The van der Waals surface area contributed by atoms with Crippen molar-refractivity contribution in [1.29, 1.82) is 0 Å². The monoisotopic (exact) mass is 825 g/mol. The second-order valence-corrected chi connectivity index (χ2v) is 14.8. The number of unbranched alkanes of at least 4 members (excludes halogenated alkanes) is 1. The van der Waals surface area contributed by atoms with E-state index in [1.54, 1.807) is 43.0 Å². The summed E-state index contributed by atoms with van der Waals surface area (Å²) in [7, 11) is 1.27. The molecule has 2 amide bonds. The zero-order valence-corrected chi connectivity index (χ0v) is 35.1. The molecule has 3 aromatic carbocycles. The van der Waals surface area contributed by atoms with Gasteiger partial charge in [0.2, 0.25) is 17.6 Å². The van der Waals surface area contributed by atoms with Gasteiger partial charge in [-0.1, -0.05) is 106 Å². The van der Waals surface area contributed by atoms with Crippen LogP contribution < -0.4 is 10.6 Å². The number of aromatic nitrogens is 4. The average molecular weight is 826 g/mol. The molecular formula is C44H52ClN7O7. The molecule has 2 heterocycles. The summed E-state index contributed by atoms with van der Waals surface area (Å²) in [4.78, 5) is 56.0. The van der Waals surface area contributed by atoms with Crippen LogP contribution in [0.5, 0.6) is 0 Å². The van der Waals surface area contributed by atoms with Gasteiger partial charge in [-0.2, -0.15) is 5.21 Å². The molecular weight excluding hydrogens is 774 g/mol. The molecule has 0 bridgehead atoms. The highest BCUT2D eigenvalue weighted by Crippen LogP contribution is 2.42. The van der Waals surface area contributed by atoms with Gasteiger partial charge < -0.3 is 29.7 Å².